The minimum Gasteiger partial charge on any atom is -0.292 e. The molecule has 2 heteroatoms. The van der Waals surface area contributed by atoms with E-state index in [0.717, 1.165) is 11.8 Å². The Hall–Kier alpha value is -0.0800. The zero-order chi connectivity index (χ0) is 24.2. The molecule has 2 fully saturated rings. The summed E-state index contributed by atoms with van der Waals surface area (Å²) in [4.78, 5) is 5.89. The van der Waals surface area contributed by atoms with Crippen LogP contribution in [-0.2, 0) is 0 Å². The Morgan fingerprint density at radius 2 is 0.906 bits per heavy atom. The largest absolute Gasteiger partial charge is 0.292 e. The molecule has 2 rings (SSSR count). The van der Waals surface area contributed by atoms with Crippen molar-refractivity contribution in [2.24, 2.45) is 11.8 Å². The van der Waals surface area contributed by atoms with Gasteiger partial charge in [0.15, 0.2) is 0 Å². The van der Waals surface area contributed by atoms with Crippen molar-refractivity contribution in [1.29, 1.82) is 0 Å². The van der Waals surface area contributed by atoms with Crippen LogP contribution in [0.2, 0.25) is 0 Å². The summed E-state index contributed by atoms with van der Waals surface area (Å²) in [6, 6.07) is 0. The van der Waals surface area contributed by atoms with Crippen LogP contribution >= 0.6 is 0 Å². The summed E-state index contributed by atoms with van der Waals surface area (Å²) in [5, 5.41) is 0. The van der Waals surface area contributed by atoms with Crippen molar-refractivity contribution in [3.63, 3.8) is 0 Å². The summed E-state index contributed by atoms with van der Waals surface area (Å²) in [5.74, 6) is 1.62. The van der Waals surface area contributed by atoms with Crippen LogP contribution < -0.4 is 0 Å². The number of hydrogen-bond donors (Lipinski definition) is 0. The van der Waals surface area contributed by atoms with Gasteiger partial charge in [-0.2, -0.15) is 0 Å². The van der Waals surface area contributed by atoms with Crippen molar-refractivity contribution in [2.75, 3.05) is 13.1 Å². The average molecular weight is 449 g/mol. The van der Waals surface area contributed by atoms with Crippen molar-refractivity contribution in [3.8, 4) is 0 Å². The zero-order valence-corrected chi connectivity index (χ0v) is 23.9. The Kier molecular flexibility index (Phi) is 9.77. The molecule has 0 bridgehead atoms. The molecule has 2 nitrogen and oxygen atoms in total. The maximum atomic E-state index is 2.95. The van der Waals surface area contributed by atoms with Gasteiger partial charge in [0.2, 0.25) is 0 Å². The van der Waals surface area contributed by atoms with E-state index >= 15 is 0 Å². The Balaban J connectivity index is 1.92. The predicted molar refractivity (Wildman–Crippen MR) is 143 cm³/mol. The average Bonchev–Trinajstić information content (AvgIpc) is 2.80. The van der Waals surface area contributed by atoms with E-state index in [9.17, 15) is 0 Å². The van der Waals surface area contributed by atoms with Gasteiger partial charge in [0.25, 0.3) is 0 Å². The zero-order valence-electron chi connectivity index (χ0n) is 23.9. The minimum absolute atomic E-state index is 0.374. The molecule has 32 heavy (non-hydrogen) atoms. The molecule has 0 saturated carbocycles. The predicted octanol–water partition coefficient (Wildman–Crippen LogP) is 8.69. The normalized spacial score (nSPS) is 41.8. The molecule has 0 radical (unpaired) electrons. The fraction of sp³-hybridized carbons (Fsp3) is 1.00. The minimum atomic E-state index is 0.374. The van der Waals surface area contributed by atoms with E-state index in [1.165, 1.54) is 90.1 Å². The summed E-state index contributed by atoms with van der Waals surface area (Å²) in [5.41, 5.74) is 1.54. The summed E-state index contributed by atoms with van der Waals surface area (Å²) in [7, 11) is 0. The fourth-order valence-electron chi connectivity index (χ4n) is 7.47. The van der Waals surface area contributed by atoms with Crippen LogP contribution in [0.4, 0.5) is 0 Å². The van der Waals surface area contributed by atoms with Gasteiger partial charge in [-0.1, -0.05) is 54.4 Å². The van der Waals surface area contributed by atoms with Crippen LogP contribution in [0.5, 0.6) is 0 Å². The van der Waals surface area contributed by atoms with E-state index < -0.39 is 0 Å². The van der Waals surface area contributed by atoms with Crippen LogP contribution in [-0.4, -0.2) is 45.0 Å². The third kappa shape index (κ3) is 5.27. The highest BCUT2D eigenvalue weighted by atomic mass is 15.3. The summed E-state index contributed by atoms with van der Waals surface area (Å²) in [6.45, 7) is 27.4. The smallest absolute Gasteiger partial charge is 0.0209 e. The van der Waals surface area contributed by atoms with Gasteiger partial charge in [-0.25, -0.2) is 0 Å². The molecule has 0 aliphatic carbocycles. The highest BCUT2D eigenvalue weighted by molar-refractivity contribution is 5.04. The number of piperidine rings is 2. The van der Waals surface area contributed by atoms with Crippen molar-refractivity contribution < 1.29 is 0 Å². The molecule has 0 aromatic heterocycles. The number of rotatable bonds is 11. The SMILES string of the molecule is CCC1(C)CCC(C)C(C)(CC)N1CCCCCCN1C(C)(CC)CCC(C)C1(C)CC. The van der Waals surface area contributed by atoms with Gasteiger partial charge >= 0.3 is 0 Å². The molecule has 6 atom stereocenters. The third-order valence-corrected chi connectivity index (χ3v) is 11.4. The molecular weight excluding hydrogens is 388 g/mol. The number of likely N-dealkylation sites (tertiary alicyclic amines) is 2. The molecule has 2 aliphatic rings. The first-order valence-electron chi connectivity index (χ1n) is 14.5. The van der Waals surface area contributed by atoms with E-state index in [4.69, 9.17) is 0 Å². The van der Waals surface area contributed by atoms with E-state index in [2.05, 4.69) is 79.0 Å². The van der Waals surface area contributed by atoms with Gasteiger partial charge in [0.05, 0.1) is 0 Å². The Morgan fingerprint density at radius 3 is 1.19 bits per heavy atom. The van der Waals surface area contributed by atoms with Gasteiger partial charge in [-0.15, -0.1) is 0 Å². The molecular formula is C30H60N2. The second-order valence-electron chi connectivity index (χ2n) is 12.7. The fourth-order valence-corrected chi connectivity index (χ4v) is 7.47. The molecule has 2 saturated heterocycles. The maximum absolute atomic E-state index is 2.95. The van der Waals surface area contributed by atoms with Gasteiger partial charge in [-0.05, 0) is 117 Å². The molecule has 6 unspecified atom stereocenters. The van der Waals surface area contributed by atoms with E-state index in [0.29, 0.717) is 22.2 Å². The lowest BCUT2D eigenvalue weighted by atomic mass is 9.69. The van der Waals surface area contributed by atoms with Crippen LogP contribution in [0.15, 0.2) is 0 Å². The highest BCUT2D eigenvalue weighted by Gasteiger charge is 2.49. The molecule has 2 aliphatic heterocycles. The first kappa shape index (κ1) is 28.2. The van der Waals surface area contributed by atoms with Crippen molar-refractivity contribution in [1.82, 2.24) is 9.80 Å². The maximum Gasteiger partial charge on any atom is 0.0209 e. The van der Waals surface area contributed by atoms with Gasteiger partial charge in [0, 0.05) is 22.2 Å². The van der Waals surface area contributed by atoms with E-state index in [1.807, 2.05) is 0 Å². The lowest BCUT2D eigenvalue weighted by Crippen LogP contribution is -2.64. The third-order valence-electron chi connectivity index (χ3n) is 11.4. The molecule has 0 N–H and O–H groups in total. The van der Waals surface area contributed by atoms with Crippen molar-refractivity contribution >= 4 is 0 Å². The van der Waals surface area contributed by atoms with Crippen LogP contribution in [0, 0.1) is 11.8 Å². The molecule has 0 amide bonds. The highest BCUT2D eigenvalue weighted by Crippen LogP contribution is 2.46. The number of nitrogens with zero attached hydrogens (tertiary/aromatic N) is 2. The van der Waals surface area contributed by atoms with Crippen molar-refractivity contribution in [2.45, 2.75) is 168 Å². The first-order valence-corrected chi connectivity index (χ1v) is 14.5. The monoisotopic (exact) mass is 448 g/mol. The lowest BCUT2D eigenvalue weighted by molar-refractivity contribution is -0.0850. The van der Waals surface area contributed by atoms with Crippen molar-refractivity contribution in [3.05, 3.63) is 0 Å². The molecule has 0 aromatic carbocycles. The van der Waals surface area contributed by atoms with Crippen LogP contribution in [0.25, 0.3) is 0 Å². The Labute approximate surface area is 203 Å². The van der Waals surface area contributed by atoms with Gasteiger partial charge in [0.1, 0.15) is 0 Å². The van der Waals surface area contributed by atoms with E-state index in [-0.39, 0.29) is 0 Å². The summed E-state index contributed by atoms with van der Waals surface area (Å²) >= 11 is 0. The topological polar surface area (TPSA) is 6.48 Å². The summed E-state index contributed by atoms with van der Waals surface area (Å²) in [6.07, 6.45) is 16.2. The number of hydrogen-bond acceptors (Lipinski definition) is 2. The van der Waals surface area contributed by atoms with E-state index in [1.54, 1.807) is 0 Å². The number of unbranched alkanes of at least 4 members (excludes halogenated alkanes) is 3. The van der Waals surface area contributed by atoms with Gasteiger partial charge < -0.3 is 0 Å². The van der Waals surface area contributed by atoms with Crippen LogP contribution in [0.3, 0.4) is 0 Å². The van der Waals surface area contributed by atoms with Crippen LogP contribution in [0.1, 0.15) is 146 Å². The Morgan fingerprint density at radius 1 is 0.562 bits per heavy atom. The molecule has 0 aromatic rings. The quantitative estimate of drug-likeness (QED) is 0.292. The second-order valence-corrected chi connectivity index (χ2v) is 12.7. The Bertz CT molecular complexity index is 525. The molecule has 0 spiro atoms. The summed E-state index contributed by atoms with van der Waals surface area (Å²) < 4.78 is 0. The first-order chi connectivity index (χ1) is 15.0. The second kappa shape index (κ2) is 11.1. The standard InChI is InChI=1S/C30H60N2/c1-11-27(7)21-19-25(5)29(9,13-3)31(27)23-17-15-16-18-24-32-28(8,12-2)22-20-26(6)30(32,10)14-4/h25-26H,11-24H2,1-10H3. The molecule has 2 heterocycles. The lowest BCUT2D eigenvalue weighted by Gasteiger charge is -2.59. The molecule has 190 valence electrons. The van der Waals surface area contributed by atoms with Gasteiger partial charge in [-0.3, -0.25) is 9.80 Å².